The van der Waals surface area contributed by atoms with Gasteiger partial charge in [0.15, 0.2) is 0 Å². The van der Waals surface area contributed by atoms with Gasteiger partial charge in [0, 0.05) is 19.0 Å². The van der Waals surface area contributed by atoms with Crippen LogP contribution in [-0.2, 0) is 4.79 Å². The van der Waals surface area contributed by atoms with Crippen LogP contribution in [0.1, 0.15) is 58.3 Å². The summed E-state index contributed by atoms with van der Waals surface area (Å²) in [6.45, 7) is 6.54. The van der Waals surface area contributed by atoms with Crippen molar-refractivity contribution in [3.8, 4) is 0 Å². The van der Waals surface area contributed by atoms with Gasteiger partial charge in [-0.2, -0.15) is 0 Å². The van der Waals surface area contributed by atoms with Crippen molar-refractivity contribution in [2.45, 2.75) is 58.3 Å². The molecule has 3 aliphatic rings. The normalized spacial score (nSPS) is 33.0. The van der Waals surface area contributed by atoms with Crippen LogP contribution in [0.2, 0.25) is 0 Å². The maximum absolute atomic E-state index is 12.8. The van der Waals surface area contributed by atoms with Crippen LogP contribution in [0.4, 0.5) is 0 Å². The molecule has 2 heterocycles. The minimum atomic E-state index is 0.368. The summed E-state index contributed by atoms with van der Waals surface area (Å²) in [5.74, 6) is 1.72. The van der Waals surface area contributed by atoms with Crippen LogP contribution in [0.5, 0.6) is 0 Å². The van der Waals surface area contributed by atoms with E-state index in [2.05, 4.69) is 17.1 Å². The minimum Gasteiger partial charge on any atom is -0.342 e. The van der Waals surface area contributed by atoms with Gasteiger partial charge < -0.3 is 10.2 Å². The lowest BCUT2D eigenvalue weighted by atomic mass is 9.91. The molecule has 0 bridgehead atoms. The topological polar surface area (TPSA) is 32.3 Å². The predicted molar refractivity (Wildman–Crippen MR) is 81.5 cm³/mol. The van der Waals surface area contributed by atoms with Crippen molar-refractivity contribution in [3.63, 3.8) is 0 Å². The third-order valence-corrected chi connectivity index (χ3v) is 5.94. The molecule has 3 heteroatoms. The third-order valence-electron chi connectivity index (χ3n) is 5.94. The van der Waals surface area contributed by atoms with E-state index in [4.69, 9.17) is 0 Å². The fraction of sp³-hybridized carbons (Fsp3) is 0.941. The zero-order valence-corrected chi connectivity index (χ0v) is 13.0. The van der Waals surface area contributed by atoms with Gasteiger partial charge >= 0.3 is 0 Å². The van der Waals surface area contributed by atoms with Crippen molar-refractivity contribution in [1.29, 1.82) is 0 Å². The van der Waals surface area contributed by atoms with Gasteiger partial charge in [-0.25, -0.2) is 0 Å². The highest BCUT2D eigenvalue weighted by Crippen LogP contribution is 2.59. The summed E-state index contributed by atoms with van der Waals surface area (Å²) in [7, 11) is 0. The Labute approximate surface area is 123 Å². The van der Waals surface area contributed by atoms with Crippen LogP contribution in [0.3, 0.4) is 0 Å². The molecular weight excluding hydrogens is 248 g/mol. The number of amides is 1. The number of nitrogens with one attached hydrogen (secondary N) is 1. The average molecular weight is 278 g/mol. The van der Waals surface area contributed by atoms with Crippen LogP contribution in [0, 0.1) is 17.3 Å². The molecule has 2 saturated heterocycles. The van der Waals surface area contributed by atoms with Crippen LogP contribution in [0.15, 0.2) is 0 Å². The molecule has 2 atom stereocenters. The van der Waals surface area contributed by atoms with Crippen LogP contribution in [0.25, 0.3) is 0 Å². The molecule has 114 valence electrons. The highest BCUT2D eigenvalue weighted by Gasteiger charge is 2.58. The Morgan fingerprint density at radius 2 is 2.05 bits per heavy atom. The van der Waals surface area contributed by atoms with Crippen molar-refractivity contribution >= 4 is 5.91 Å². The van der Waals surface area contributed by atoms with Gasteiger partial charge in [-0.3, -0.25) is 4.79 Å². The number of nitrogens with zero attached hydrogens (tertiary/aromatic N) is 1. The van der Waals surface area contributed by atoms with Crippen molar-refractivity contribution in [1.82, 2.24) is 10.2 Å². The lowest BCUT2D eigenvalue weighted by molar-refractivity contribution is -0.133. The molecular formula is C17H30N2O. The average Bonchev–Trinajstić information content (AvgIpc) is 3.20. The highest BCUT2D eigenvalue weighted by atomic mass is 16.2. The van der Waals surface area contributed by atoms with E-state index < -0.39 is 0 Å². The Morgan fingerprint density at radius 1 is 1.25 bits per heavy atom. The Kier molecular flexibility index (Phi) is 4.34. The van der Waals surface area contributed by atoms with E-state index >= 15 is 0 Å². The van der Waals surface area contributed by atoms with Crippen LogP contribution in [-0.4, -0.2) is 37.0 Å². The number of carbonyl (C=O) groups is 1. The zero-order valence-electron chi connectivity index (χ0n) is 13.0. The molecule has 1 N–H and O–H groups in total. The van der Waals surface area contributed by atoms with Crippen molar-refractivity contribution < 1.29 is 4.79 Å². The number of likely N-dealkylation sites (tertiary alicyclic amines) is 1. The van der Waals surface area contributed by atoms with Gasteiger partial charge in [0.25, 0.3) is 0 Å². The number of hydrogen-bond acceptors (Lipinski definition) is 2. The molecule has 3 nitrogen and oxygen atoms in total. The summed E-state index contributed by atoms with van der Waals surface area (Å²) < 4.78 is 0. The van der Waals surface area contributed by atoms with Gasteiger partial charge in [-0.15, -0.1) is 0 Å². The molecule has 20 heavy (non-hydrogen) atoms. The minimum absolute atomic E-state index is 0.368. The summed E-state index contributed by atoms with van der Waals surface area (Å²) in [4.78, 5) is 15.0. The summed E-state index contributed by atoms with van der Waals surface area (Å²) in [6, 6.07) is 0. The zero-order chi connectivity index (χ0) is 14.0. The van der Waals surface area contributed by atoms with Gasteiger partial charge in [-0.05, 0) is 62.9 Å². The summed E-state index contributed by atoms with van der Waals surface area (Å²) >= 11 is 0. The molecule has 2 aliphatic heterocycles. The Balaban J connectivity index is 1.53. The summed E-state index contributed by atoms with van der Waals surface area (Å²) in [5, 5.41) is 3.42. The van der Waals surface area contributed by atoms with E-state index in [0.29, 0.717) is 17.2 Å². The van der Waals surface area contributed by atoms with Crippen molar-refractivity contribution in [2.75, 3.05) is 26.2 Å². The standard InChI is InChI=1S/C17H30N2O/c1-2-4-14-5-3-11-19(12-6-14)16(20)15-13-17(15)7-9-18-10-8-17/h14-15,18H,2-13H2,1H3. The molecule has 3 fully saturated rings. The molecule has 1 saturated carbocycles. The maximum Gasteiger partial charge on any atom is 0.226 e. The molecule has 1 amide bonds. The quantitative estimate of drug-likeness (QED) is 0.861. The van der Waals surface area contributed by atoms with E-state index in [1.807, 2.05) is 0 Å². The number of carbonyl (C=O) groups excluding carboxylic acids is 1. The fourth-order valence-corrected chi connectivity index (χ4v) is 4.48. The first-order valence-electron chi connectivity index (χ1n) is 8.75. The number of rotatable bonds is 3. The first-order valence-corrected chi connectivity index (χ1v) is 8.75. The van der Waals surface area contributed by atoms with E-state index in [0.717, 1.165) is 32.1 Å². The van der Waals surface area contributed by atoms with E-state index in [-0.39, 0.29) is 0 Å². The van der Waals surface area contributed by atoms with Crippen molar-refractivity contribution in [3.05, 3.63) is 0 Å². The van der Waals surface area contributed by atoms with E-state index in [1.54, 1.807) is 0 Å². The first kappa shape index (κ1) is 14.4. The largest absolute Gasteiger partial charge is 0.342 e. The van der Waals surface area contributed by atoms with Crippen LogP contribution < -0.4 is 5.32 Å². The Morgan fingerprint density at radius 3 is 2.80 bits per heavy atom. The summed E-state index contributed by atoms with van der Waals surface area (Å²) in [5.41, 5.74) is 0.400. The molecule has 0 aromatic heterocycles. The lowest BCUT2D eigenvalue weighted by Gasteiger charge is -2.26. The smallest absolute Gasteiger partial charge is 0.226 e. The van der Waals surface area contributed by atoms with E-state index in [9.17, 15) is 4.79 Å². The van der Waals surface area contributed by atoms with Crippen molar-refractivity contribution in [2.24, 2.45) is 17.3 Å². The molecule has 1 spiro atoms. The first-order chi connectivity index (χ1) is 9.75. The SMILES string of the molecule is CCCC1CCCN(C(=O)C2CC23CCNCC3)CC1. The Hall–Kier alpha value is -0.570. The van der Waals surface area contributed by atoms with Gasteiger partial charge in [0.1, 0.15) is 0 Å². The van der Waals surface area contributed by atoms with Gasteiger partial charge in [-0.1, -0.05) is 19.8 Å². The second-order valence-electron chi connectivity index (χ2n) is 7.28. The fourth-order valence-electron chi connectivity index (χ4n) is 4.48. The second-order valence-corrected chi connectivity index (χ2v) is 7.28. The molecule has 3 rings (SSSR count). The highest BCUT2D eigenvalue weighted by molar-refractivity contribution is 5.82. The van der Waals surface area contributed by atoms with Gasteiger partial charge in [0.2, 0.25) is 5.91 Å². The number of hydrogen-bond donors (Lipinski definition) is 1. The van der Waals surface area contributed by atoms with E-state index in [1.165, 1.54) is 51.4 Å². The molecule has 0 aromatic rings. The van der Waals surface area contributed by atoms with Gasteiger partial charge in [0.05, 0.1) is 0 Å². The Bertz CT molecular complexity index is 349. The van der Waals surface area contributed by atoms with Crippen LogP contribution >= 0.6 is 0 Å². The molecule has 2 unspecified atom stereocenters. The molecule has 0 aromatic carbocycles. The third kappa shape index (κ3) is 2.88. The maximum atomic E-state index is 12.8. The predicted octanol–water partition coefficient (Wildman–Crippen LogP) is 2.80. The molecule has 0 radical (unpaired) electrons. The molecule has 1 aliphatic carbocycles. The number of piperidine rings is 1. The monoisotopic (exact) mass is 278 g/mol. The second kappa shape index (κ2) is 6.05. The lowest BCUT2D eigenvalue weighted by Crippen LogP contribution is -2.37. The summed E-state index contributed by atoms with van der Waals surface area (Å²) in [6.07, 6.45) is 10.0.